The molecule has 0 fully saturated rings. The summed E-state index contributed by atoms with van der Waals surface area (Å²) in [7, 11) is 0. The average Bonchev–Trinajstić information content (AvgIpc) is 2.54. The van der Waals surface area contributed by atoms with Crippen LogP contribution in [0.15, 0.2) is 36.4 Å². The summed E-state index contributed by atoms with van der Waals surface area (Å²) in [4.78, 5) is 24.1. The number of carbonyl (C=O) groups excluding carboxylic acids is 2. The fourth-order valence-electron chi connectivity index (χ4n) is 2.43. The molecule has 0 bridgehead atoms. The average molecular weight is 362 g/mol. The van der Waals surface area contributed by atoms with Gasteiger partial charge in [-0.25, -0.2) is 4.79 Å². The number of anilines is 1. The molecule has 0 unspecified atom stereocenters. The molecule has 0 aliphatic carbocycles. The molecule has 6 heteroatoms. The van der Waals surface area contributed by atoms with Crippen LogP contribution in [0.5, 0.6) is 5.75 Å². The number of esters is 1. The molecule has 0 spiro atoms. The van der Waals surface area contributed by atoms with Crippen LogP contribution in [0.4, 0.5) is 5.69 Å². The molecule has 2 aromatic carbocycles. The number of hydrogen-bond acceptors (Lipinski definition) is 4. The highest BCUT2D eigenvalue weighted by Gasteiger charge is 2.15. The quantitative estimate of drug-likeness (QED) is 0.785. The van der Waals surface area contributed by atoms with Crippen molar-refractivity contribution in [2.75, 3.05) is 18.5 Å². The van der Waals surface area contributed by atoms with Gasteiger partial charge in [-0.15, -0.1) is 0 Å². The van der Waals surface area contributed by atoms with Crippen molar-refractivity contribution < 1.29 is 19.1 Å². The van der Waals surface area contributed by atoms with Crippen LogP contribution in [0, 0.1) is 13.8 Å². The summed E-state index contributed by atoms with van der Waals surface area (Å²) in [6.07, 6.45) is 0. The van der Waals surface area contributed by atoms with Crippen LogP contribution in [-0.2, 0) is 9.53 Å². The molecule has 0 aliphatic rings. The number of ether oxygens (including phenoxy) is 2. The zero-order chi connectivity index (χ0) is 18.4. The molecule has 0 saturated carbocycles. The molecule has 0 aliphatic heterocycles. The van der Waals surface area contributed by atoms with Crippen LogP contribution >= 0.6 is 11.6 Å². The predicted octanol–water partition coefficient (Wildman–Crippen LogP) is 4.15. The normalized spacial score (nSPS) is 10.2. The highest BCUT2D eigenvalue weighted by Crippen LogP contribution is 2.27. The summed E-state index contributed by atoms with van der Waals surface area (Å²) in [6, 6.07) is 10.2. The fourth-order valence-corrected chi connectivity index (χ4v) is 2.76. The molecule has 0 aromatic heterocycles. The molecule has 132 valence electrons. The van der Waals surface area contributed by atoms with Gasteiger partial charge in [0.1, 0.15) is 5.75 Å². The van der Waals surface area contributed by atoms with Gasteiger partial charge in [-0.1, -0.05) is 23.7 Å². The number of benzene rings is 2. The van der Waals surface area contributed by atoms with Gasteiger partial charge < -0.3 is 14.8 Å². The fraction of sp³-hybridized carbons (Fsp3) is 0.263. The molecule has 2 rings (SSSR count). The van der Waals surface area contributed by atoms with Crippen molar-refractivity contribution in [3.63, 3.8) is 0 Å². The Labute approximate surface area is 151 Å². The van der Waals surface area contributed by atoms with Crippen LogP contribution in [0.2, 0.25) is 5.02 Å². The number of aryl methyl sites for hydroxylation is 2. The van der Waals surface area contributed by atoms with Gasteiger partial charge in [-0.2, -0.15) is 0 Å². The van der Waals surface area contributed by atoms with Gasteiger partial charge in [0.15, 0.2) is 6.61 Å². The van der Waals surface area contributed by atoms with Gasteiger partial charge in [-0.05, 0) is 56.2 Å². The van der Waals surface area contributed by atoms with Gasteiger partial charge in [0.25, 0.3) is 5.91 Å². The first kappa shape index (κ1) is 18.8. The van der Waals surface area contributed by atoms with Crippen molar-refractivity contribution in [2.45, 2.75) is 20.8 Å². The third-order valence-electron chi connectivity index (χ3n) is 3.47. The number of rotatable bonds is 6. The smallest absolute Gasteiger partial charge is 0.340 e. The number of carbonyl (C=O) groups is 2. The predicted molar refractivity (Wildman–Crippen MR) is 97.4 cm³/mol. The first-order valence-electron chi connectivity index (χ1n) is 7.88. The third kappa shape index (κ3) is 4.97. The van der Waals surface area contributed by atoms with E-state index in [0.29, 0.717) is 22.0 Å². The lowest BCUT2D eigenvalue weighted by atomic mass is 10.1. The number of para-hydroxylation sites is 1. The maximum Gasteiger partial charge on any atom is 0.340 e. The van der Waals surface area contributed by atoms with E-state index in [9.17, 15) is 9.59 Å². The second kappa shape index (κ2) is 8.53. The van der Waals surface area contributed by atoms with Crippen LogP contribution in [0.3, 0.4) is 0 Å². The van der Waals surface area contributed by atoms with Gasteiger partial charge >= 0.3 is 5.97 Å². The van der Waals surface area contributed by atoms with E-state index in [0.717, 1.165) is 11.1 Å². The molecule has 5 nitrogen and oxygen atoms in total. The van der Waals surface area contributed by atoms with E-state index in [1.54, 1.807) is 43.3 Å². The molecular formula is C19H20ClNO4. The summed E-state index contributed by atoms with van der Waals surface area (Å²) < 4.78 is 10.6. The number of amides is 1. The lowest BCUT2D eigenvalue weighted by Crippen LogP contribution is -2.22. The van der Waals surface area contributed by atoms with Crippen LogP contribution in [-0.4, -0.2) is 25.1 Å². The molecule has 0 radical (unpaired) electrons. The Morgan fingerprint density at radius 2 is 1.76 bits per heavy atom. The van der Waals surface area contributed by atoms with Crippen LogP contribution in [0.1, 0.15) is 28.4 Å². The van der Waals surface area contributed by atoms with E-state index < -0.39 is 5.97 Å². The maximum absolute atomic E-state index is 12.2. The van der Waals surface area contributed by atoms with Crippen molar-refractivity contribution in [1.29, 1.82) is 0 Å². The Hall–Kier alpha value is -2.53. The zero-order valence-corrected chi connectivity index (χ0v) is 15.1. The maximum atomic E-state index is 12.2. The topological polar surface area (TPSA) is 64.6 Å². The lowest BCUT2D eigenvalue weighted by molar-refractivity contribution is -0.118. The summed E-state index contributed by atoms with van der Waals surface area (Å²) in [5.41, 5.74) is 2.39. The Morgan fingerprint density at radius 1 is 1.12 bits per heavy atom. The van der Waals surface area contributed by atoms with Crippen molar-refractivity contribution in [3.8, 4) is 5.75 Å². The summed E-state index contributed by atoms with van der Waals surface area (Å²) in [6.45, 7) is 5.54. The minimum Gasteiger partial charge on any atom is -0.483 e. The van der Waals surface area contributed by atoms with Gasteiger partial charge in [0.2, 0.25) is 0 Å². The first-order valence-corrected chi connectivity index (χ1v) is 8.25. The lowest BCUT2D eigenvalue weighted by Gasteiger charge is -2.14. The molecular weight excluding hydrogens is 342 g/mol. The minimum atomic E-state index is -0.483. The molecule has 0 saturated heterocycles. The Balaban J connectivity index is 2.06. The van der Waals surface area contributed by atoms with Crippen molar-refractivity contribution in [3.05, 3.63) is 58.1 Å². The van der Waals surface area contributed by atoms with Gasteiger partial charge in [-0.3, -0.25) is 4.79 Å². The zero-order valence-electron chi connectivity index (χ0n) is 14.4. The summed E-state index contributed by atoms with van der Waals surface area (Å²) >= 11 is 5.99. The Morgan fingerprint density at radius 3 is 2.40 bits per heavy atom. The molecule has 25 heavy (non-hydrogen) atoms. The molecule has 1 amide bonds. The van der Waals surface area contributed by atoms with E-state index in [4.69, 9.17) is 21.1 Å². The second-order valence-electron chi connectivity index (χ2n) is 5.47. The molecule has 0 heterocycles. The first-order chi connectivity index (χ1) is 11.9. The second-order valence-corrected chi connectivity index (χ2v) is 5.91. The molecule has 0 atom stereocenters. The Bertz CT molecular complexity index is 766. The summed E-state index contributed by atoms with van der Waals surface area (Å²) in [5, 5.41) is 3.30. The van der Waals surface area contributed by atoms with Crippen molar-refractivity contribution in [1.82, 2.24) is 0 Å². The summed E-state index contributed by atoms with van der Waals surface area (Å²) in [5.74, 6) is -0.229. The van der Waals surface area contributed by atoms with E-state index in [1.807, 2.05) is 13.8 Å². The molecule has 2 aromatic rings. The van der Waals surface area contributed by atoms with Gasteiger partial charge in [0.05, 0.1) is 17.9 Å². The third-order valence-corrected chi connectivity index (χ3v) is 3.69. The largest absolute Gasteiger partial charge is 0.483 e. The van der Waals surface area contributed by atoms with E-state index in [1.165, 1.54) is 0 Å². The van der Waals surface area contributed by atoms with Crippen molar-refractivity contribution >= 4 is 29.2 Å². The molecule has 1 N–H and O–H groups in total. The SMILES string of the molecule is CCOC(=O)c1ccccc1NC(=O)COc1c(C)cc(Cl)cc1C. The number of hydrogen-bond donors (Lipinski definition) is 1. The van der Waals surface area contributed by atoms with E-state index >= 15 is 0 Å². The standard InChI is InChI=1S/C19H20ClNO4/c1-4-24-19(23)15-7-5-6-8-16(15)21-17(22)11-25-18-12(2)9-14(20)10-13(18)3/h5-10H,4,11H2,1-3H3,(H,21,22). The Kier molecular flexibility index (Phi) is 6.42. The van der Waals surface area contributed by atoms with Gasteiger partial charge in [0, 0.05) is 5.02 Å². The monoisotopic (exact) mass is 361 g/mol. The number of nitrogens with one attached hydrogen (secondary N) is 1. The van der Waals surface area contributed by atoms with Crippen molar-refractivity contribution in [2.24, 2.45) is 0 Å². The number of halogens is 1. The minimum absolute atomic E-state index is 0.180. The van der Waals surface area contributed by atoms with E-state index in [-0.39, 0.29) is 19.1 Å². The highest BCUT2D eigenvalue weighted by molar-refractivity contribution is 6.30. The van der Waals surface area contributed by atoms with Crippen LogP contribution in [0.25, 0.3) is 0 Å². The highest BCUT2D eigenvalue weighted by atomic mass is 35.5. The van der Waals surface area contributed by atoms with Crippen LogP contribution < -0.4 is 10.1 Å². The van der Waals surface area contributed by atoms with E-state index in [2.05, 4.69) is 5.32 Å².